The van der Waals surface area contributed by atoms with E-state index in [4.69, 9.17) is 5.11 Å². The molecular formula is C26H39F2N7O4SSi. The Hall–Kier alpha value is -2.88. The van der Waals surface area contributed by atoms with Crippen LogP contribution in [-0.2, 0) is 10.2 Å². The van der Waals surface area contributed by atoms with Crippen LogP contribution in [0.1, 0.15) is 28.9 Å². The van der Waals surface area contributed by atoms with Crippen LogP contribution >= 0.6 is 0 Å². The second kappa shape index (κ2) is 12.2. The maximum atomic E-state index is 13.7. The quantitative estimate of drug-likeness (QED) is 0.368. The summed E-state index contributed by atoms with van der Waals surface area (Å²) in [6, 6.07) is 8.44. The Bertz CT molecular complexity index is 1360. The molecule has 0 bridgehead atoms. The molecule has 2 aliphatic heterocycles. The Morgan fingerprint density at radius 2 is 1.76 bits per heavy atom. The molecule has 2 aromatic rings. The van der Waals surface area contributed by atoms with E-state index < -0.39 is 30.1 Å². The molecule has 0 aliphatic carbocycles. The summed E-state index contributed by atoms with van der Waals surface area (Å²) in [6.07, 6.45) is -0.562. The Morgan fingerprint density at radius 1 is 1.10 bits per heavy atom. The van der Waals surface area contributed by atoms with Gasteiger partial charge in [-0.1, -0.05) is 13.1 Å². The molecule has 1 aromatic carbocycles. The number of halogens is 2. The van der Waals surface area contributed by atoms with Crippen LogP contribution in [0.25, 0.3) is 0 Å². The maximum absolute atomic E-state index is 13.7. The van der Waals surface area contributed by atoms with Crippen molar-refractivity contribution in [1.29, 1.82) is 0 Å². The Morgan fingerprint density at radius 3 is 2.39 bits per heavy atom. The van der Waals surface area contributed by atoms with Crippen molar-refractivity contribution in [3.63, 3.8) is 0 Å². The molecule has 2 saturated heterocycles. The molecule has 3 N–H and O–H groups in total. The number of benzene rings is 1. The van der Waals surface area contributed by atoms with Gasteiger partial charge in [-0.3, -0.25) is 9.52 Å². The first-order chi connectivity index (χ1) is 19.2. The first-order valence-electron chi connectivity index (χ1n) is 13.7. The second-order valence-corrected chi connectivity index (χ2v) is 18.6. The average Bonchev–Trinajstić information content (AvgIpc) is 2.88. The third-order valence-electron chi connectivity index (χ3n) is 7.63. The van der Waals surface area contributed by atoms with Crippen molar-refractivity contribution >= 4 is 47.3 Å². The Balaban J connectivity index is 1.60. The van der Waals surface area contributed by atoms with Gasteiger partial charge >= 0.3 is 10.2 Å². The number of alkyl halides is 2. The predicted molar refractivity (Wildman–Crippen MR) is 159 cm³/mol. The van der Waals surface area contributed by atoms with E-state index in [-0.39, 0.29) is 50.8 Å². The highest BCUT2D eigenvalue weighted by molar-refractivity contribution is 7.90. The summed E-state index contributed by atoms with van der Waals surface area (Å²) in [5.41, 5.74) is 1.84. The molecule has 15 heteroatoms. The van der Waals surface area contributed by atoms with Gasteiger partial charge in [0, 0.05) is 64.4 Å². The van der Waals surface area contributed by atoms with E-state index in [0.717, 1.165) is 29.5 Å². The fraction of sp³-hybridized carbons (Fsp3) is 0.577. The molecule has 11 nitrogen and oxygen atoms in total. The van der Waals surface area contributed by atoms with Gasteiger partial charge in [0.15, 0.2) is 0 Å². The normalized spacial score (nSPS) is 18.8. The van der Waals surface area contributed by atoms with Gasteiger partial charge in [-0.25, -0.2) is 13.8 Å². The molecule has 3 heterocycles. The molecule has 4 rings (SSSR count). The lowest BCUT2D eigenvalue weighted by Crippen LogP contribution is -2.43. The second-order valence-electron chi connectivity index (χ2n) is 11.5. The summed E-state index contributed by atoms with van der Waals surface area (Å²) >= 11 is 0. The molecule has 226 valence electrons. The zero-order valence-corrected chi connectivity index (χ0v) is 25.8. The fourth-order valence-corrected chi connectivity index (χ4v) is 7.77. The van der Waals surface area contributed by atoms with Crippen molar-refractivity contribution in [1.82, 2.24) is 14.3 Å². The number of carbonyl (C=O) groups excluding carboxylic acids is 1. The van der Waals surface area contributed by atoms with E-state index in [1.807, 2.05) is 0 Å². The smallest absolute Gasteiger partial charge is 0.301 e. The highest BCUT2D eigenvalue weighted by Gasteiger charge is 2.35. The number of amides is 1. The van der Waals surface area contributed by atoms with Gasteiger partial charge in [0.05, 0.1) is 31.6 Å². The first kappa shape index (κ1) is 31.1. The minimum Gasteiger partial charge on any atom is -0.395 e. The van der Waals surface area contributed by atoms with Gasteiger partial charge in [-0.2, -0.15) is 17.7 Å². The van der Waals surface area contributed by atoms with E-state index in [0.29, 0.717) is 22.6 Å². The molecule has 2 fully saturated rings. The summed E-state index contributed by atoms with van der Waals surface area (Å²) in [6.45, 7) is 7.77. The summed E-state index contributed by atoms with van der Waals surface area (Å²) < 4.78 is 56.3. The summed E-state index contributed by atoms with van der Waals surface area (Å²) in [5, 5.41) is 12.0. The monoisotopic (exact) mass is 611 g/mol. The van der Waals surface area contributed by atoms with Crippen molar-refractivity contribution in [2.75, 3.05) is 66.2 Å². The number of aliphatic hydroxyl groups is 1. The molecule has 0 unspecified atom stereocenters. The van der Waals surface area contributed by atoms with Gasteiger partial charge in [-0.05, 0) is 37.2 Å². The molecule has 2 aliphatic rings. The standard InChI is InChI=1S/C26H39F2N7O4SSi/c1-19-17-23(31-25(29-19)35-9-7-26(27,28)8-10-35)30-24(37)21-6-5-20(32-40(38,39)33(2)11-14-36)18-22(21)34-12-15-41(3,4)16-13-34/h5-6,17-18,32,36H,7-16H2,1-4H3,(H,29,30,31,37). The number of anilines is 4. The number of aryl methyl sites for hydroxylation is 1. The Labute approximate surface area is 241 Å². The number of aromatic nitrogens is 2. The molecule has 0 saturated carbocycles. The van der Waals surface area contributed by atoms with Crippen molar-refractivity contribution in [2.24, 2.45) is 0 Å². The molecular weight excluding hydrogens is 572 g/mol. The highest BCUT2D eigenvalue weighted by atomic mass is 32.2. The number of piperidine rings is 1. The van der Waals surface area contributed by atoms with Gasteiger partial charge in [-0.15, -0.1) is 0 Å². The van der Waals surface area contributed by atoms with Crippen molar-refractivity contribution < 1.29 is 27.1 Å². The number of rotatable bonds is 9. The maximum Gasteiger partial charge on any atom is 0.301 e. The number of likely N-dealkylation sites (N-methyl/N-ethyl adjacent to an activating group) is 1. The van der Waals surface area contributed by atoms with Crippen molar-refractivity contribution in [3.8, 4) is 0 Å². The van der Waals surface area contributed by atoms with Gasteiger partial charge in [0.25, 0.3) is 11.8 Å². The number of hydrogen-bond donors (Lipinski definition) is 3. The van der Waals surface area contributed by atoms with Crippen LogP contribution in [-0.4, -0.2) is 94.1 Å². The zero-order chi connectivity index (χ0) is 30.0. The lowest BCUT2D eigenvalue weighted by Gasteiger charge is -2.38. The third-order valence-corrected chi connectivity index (χ3v) is 12.3. The predicted octanol–water partition coefficient (Wildman–Crippen LogP) is 3.38. The van der Waals surface area contributed by atoms with Crippen LogP contribution in [0.15, 0.2) is 24.3 Å². The van der Waals surface area contributed by atoms with Crippen LogP contribution in [0.5, 0.6) is 0 Å². The van der Waals surface area contributed by atoms with Crippen molar-refractivity contribution in [3.05, 3.63) is 35.5 Å². The van der Waals surface area contributed by atoms with Crippen LogP contribution in [0.4, 0.5) is 31.9 Å². The molecule has 1 amide bonds. The van der Waals surface area contributed by atoms with Crippen LogP contribution in [0.3, 0.4) is 0 Å². The highest BCUT2D eigenvalue weighted by Crippen LogP contribution is 2.33. The van der Waals surface area contributed by atoms with Crippen LogP contribution in [0.2, 0.25) is 25.2 Å². The molecule has 41 heavy (non-hydrogen) atoms. The van der Waals surface area contributed by atoms with Crippen molar-refractivity contribution in [2.45, 2.75) is 50.9 Å². The summed E-state index contributed by atoms with van der Waals surface area (Å²) in [7, 11) is -3.88. The van der Waals surface area contributed by atoms with Gasteiger partial charge in [0.1, 0.15) is 5.82 Å². The lowest BCUT2D eigenvalue weighted by molar-refractivity contribution is -0.0222. The minimum atomic E-state index is -3.91. The SMILES string of the molecule is Cc1cc(NC(=O)c2ccc(NS(=O)(=O)N(C)CCO)cc2N2CC[Si](C)(C)CC2)nc(N2CCC(F)(F)CC2)n1. The van der Waals surface area contributed by atoms with Gasteiger partial charge in [0.2, 0.25) is 5.95 Å². The van der Waals surface area contributed by atoms with E-state index in [1.165, 1.54) is 13.1 Å². The molecule has 0 atom stereocenters. The number of carbonyl (C=O) groups is 1. The largest absolute Gasteiger partial charge is 0.395 e. The summed E-state index contributed by atoms with van der Waals surface area (Å²) in [4.78, 5) is 26.2. The first-order valence-corrected chi connectivity index (χ1v) is 18.6. The zero-order valence-electron chi connectivity index (χ0n) is 24.0. The van der Waals surface area contributed by atoms with Crippen LogP contribution < -0.4 is 19.8 Å². The minimum absolute atomic E-state index is 0.0608. The molecule has 0 spiro atoms. The van der Waals surface area contributed by atoms with E-state index in [9.17, 15) is 22.0 Å². The van der Waals surface area contributed by atoms with Crippen LogP contribution in [0, 0.1) is 6.92 Å². The fourth-order valence-electron chi connectivity index (χ4n) is 4.87. The number of aliphatic hydroxyl groups excluding tert-OH is 1. The molecule has 0 radical (unpaired) electrons. The number of hydrogen-bond acceptors (Lipinski definition) is 8. The van der Waals surface area contributed by atoms with E-state index in [2.05, 4.69) is 38.0 Å². The topological polar surface area (TPSA) is 131 Å². The molecule has 1 aromatic heterocycles. The third kappa shape index (κ3) is 7.90. The van der Waals surface area contributed by atoms with E-state index in [1.54, 1.807) is 30.0 Å². The van der Waals surface area contributed by atoms with E-state index >= 15 is 0 Å². The number of nitrogens with one attached hydrogen (secondary N) is 2. The average molecular weight is 612 g/mol. The number of nitrogens with zero attached hydrogens (tertiary/aromatic N) is 5. The lowest BCUT2D eigenvalue weighted by atomic mass is 10.1. The summed E-state index contributed by atoms with van der Waals surface area (Å²) in [5.74, 6) is -2.59. The van der Waals surface area contributed by atoms with Gasteiger partial charge < -0.3 is 20.2 Å². The Kier molecular flexibility index (Phi) is 9.21.